The molecule has 0 amide bonds. The number of para-hydroxylation sites is 1. The van der Waals surface area contributed by atoms with Crippen LogP contribution in [0.15, 0.2) is 40.9 Å². The van der Waals surface area contributed by atoms with Crippen molar-refractivity contribution in [3.8, 4) is 5.75 Å². The highest BCUT2D eigenvalue weighted by Gasteiger charge is 2.20. The number of aromatic nitrogens is 1. The van der Waals surface area contributed by atoms with E-state index in [0.717, 1.165) is 49.9 Å². The van der Waals surface area contributed by atoms with Crippen molar-refractivity contribution in [1.82, 2.24) is 15.0 Å². The summed E-state index contributed by atoms with van der Waals surface area (Å²) in [5.74, 6) is 1.65. The lowest BCUT2D eigenvalue weighted by atomic mass is 10.2. The second kappa shape index (κ2) is 8.28. The fourth-order valence-corrected chi connectivity index (χ4v) is 2.91. The first-order valence-corrected chi connectivity index (χ1v) is 8.42. The van der Waals surface area contributed by atoms with Gasteiger partial charge in [-0.05, 0) is 19.1 Å². The van der Waals surface area contributed by atoms with Crippen LogP contribution in [-0.4, -0.2) is 65.5 Å². The predicted octanol–water partition coefficient (Wildman–Crippen LogP) is 1.54. The summed E-state index contributed by atoms with van der Waals surface area (Å²) in [4.78, 5) is 4.64. The summed E-state index contributed by atoms with van der Waals surface area (Å²) in [7, 11) is 0. The molecule has 1 aromatic carbocycles. The maximum absolute atomic E-state index is 10.2. The smallest absolute Gasteiger partial charge is 0.133 e. The highest BCUT2D eigenvalue weighted by molar-refractivity contribution is 5.20. The Hall–Kier alpha value is -1.89. The molecule has 130 valence electrons. The first-order valence-electron chi connectivity index (χ1n) is 8.42. The van der Waals surface area contributed by atoms with Gasteiger partial charge in [-0.25, -0.2) is 0 Å². The van der Waals surface area contributed by atoms with E-state index in [9.17, 15) is 5.11 Å². The molecule has 0 aliphatic carbocycles. The second-order valence-electron chi connectivity index (χ2n) is 6.28. The summed E-state index contributed by atoms with van der Waals surface area (Å²) in [6, 6.07) is 11.6. The van der Waals surface area contributed by atoms with Gasteiger partial charge in [0, 0.05) is 45.3 Å². The number of benzene rings is 1. The maximum Gasteiger partial charge on any atom is 0.133 e. The zero-order valence-corrected chi connectivity index (χ0v) is 14.1. The Labute approximate surface area is 142 Å². The number of rotatable bonds is 7. The molecular formula is C18H25N3O3. The lowest BCUT2D eigenvalue weighted by molar-refractivity contribution is 0.0442. The molecule has 1 atom stereocenters. The van der Waals surface area contributed by atoms with Crippen LogP contribution < -0.4 is 4.74 Å². The average molecular weight is 331 g/mol. The molecule has 3 rings (SSSR count). The molecule has 0 saturated carbocycles. The number of hydrogen-bond donors (Lipinski definition) is 1. The van der Waals surface area contributed by atoms with Crippen molar-refractivity contribution in [2.45, 2.75) is 19.6 Å². The molecule has 0 bridgehead atoms. The summed E-state index contributed by atoms with van der Waals surface area (Å²) in [5.41, 5.74) is 0.984. The van der Waals surface area contributed by atoms with E-state index in [-0.39, 0.29) is 0 Å². The molecule has 0 radical (unpaired) electrons. The van der Waals surface area contributed by atoms with E-state index >= 15 is 0 Å². The van der Waals surface area contributed by atoms with E-state index in [4.69, 9.17) is 9.26 Å². The molecule has 6 nitrogen and oxygen atoms in total. The fraction of sp³-hybridized carbons (Fsp3) is 0.500. The minimum absolute atomic E-state index is 0.322. The molecule has 1 fully saturated rings. The number of hydrogen-bond acceptors (Lipinski definition) is 6. The molecule has 1 aliphatic rings. The average Bonchev–Trinajstić information content (AvgIpc) is 3.01. The van der Waals surface area contributed by atoms with Crippen molar-refractivity contribution in [3.05, 3.63) is 47.9 Å². The van der Waals surface area contributed by atoms with E-state index in [2.05, 4.69) is 15.0 Å². The fourth-order valence-electron chi connectivity index (χ4n) is 2.91. The number of β-amino-alcohol motifs (C(OH)–C–C–N with tert-alkyl or cyclic N) is 1. The Morgan fingerprint density at radius 3 is 2.54 bits per heavy atom. The molecule has 1 saturated heterocycles. The first kappa shape index (κ1) is 17.0. The van der Waals surface area contributed by atoms with Crippen LogP contribution in [-0.2, 0) is 6.54 Å². The normalized spacial score (nSPS) is 17.8. The largest absolute Gasteiger partial charge is 0.491 e. The van der Waals surface area contributed by atoms with E-state index < -0.39 is 6.10 Å². The molecule has 2 heterocycles. The van der Waals surface area contributed by atoms with Crippen LogP contribution in [0.1, 0.15) is 11.5 Å². The number of aliphatic hydroxyl groups is 1. The number of piperazine rings is 1. The Balaban J connectivity index is 1.35. The Morgan fingerprint density at radius 2 is 1.88 bits per heavy atom. The van der Waals surface area contributed by atoms with Gasteiger partial charge in [0.2, 0.25) is 0 Å². The third-order valence-electron chi connectivity index (χ3n) is 4.18. The molecule has 2 aromatic rings. The van der Waals surface area contributed by atoms with Gasteiger partial charge in [-0.3, -0.25) is 9.80 Å². The van der Waals surface area contributed by atoms with Gasteiger partial charge in [0.15, 0.2) is 0 Å². The standard InChI is InChI=1S/C18H25N3O3/c1-15-11-16(19-24-15)12-20-7-9-21(10-8-20)13-17(22)14-23-18-5-3-2-4-6-18/h2-6,11,17,22H,7-10,12-14H2,1H3/t17-/m0/s1. The quantitative estimate of drug-likeness (QED) is 0.830. The number of ether oxygens (including phenoxy) is 1. The summed E-state index contributed by atoms with van der Waals surface area (Å²) < 4.78 is 10.7. The Kier molecular flexibility index (Phi) is 5.85. The van der Waals surface area contributed by atoms with Crippen LogP contribution in [0.4, 0.5) is 0 Å². The minimum Gasteiger partial charge on any atom is -0.491 e. The van der Waals surface area contributed by atoms with Gasteiger partial charge in [-0.15, -0.1) is 0 Å². The summed E-state index contributed by atoms with van der Waals surface area (Å²) in [6.07, 6.45) is -0.477. The van der Waals surface area contributed by atoms with Gasteiger partial charge in [0.1, 0.15) is 24.2 Å². The minimum atomic E-state index is -0.477. The SMILES string of the molecule is Cc1cc(CN2CCN(C[C@H](O)COc3ccccc3)CC2)no1. The number of aliphatic hydroxyl groups excluding tert-OH is 1. The molecule has 1 aromatic heterocycles. The first-order chi connectivity index (χ1) is 11.7. The predicted molar refractivity (Wildman–Crippen MR) is 90.9 cm³/mol. The molecular weight excluding hydrogens is 306 g/mol. The zero-order valence-electron chi connectivity index (χ0n) is 14.1. The molecule has 0 unspecified atom stereocenters. The second-order valence-corrected chi connectivity index (χ2v) is 6.28. The molecule has 6 heteroatoms. The van der Waals surface area contributed by atoms with E-state index in [1.54, 1.807) is 0 Å². The van der Waals surface area contributed by atoms with Crippen LogP contribution in [0.5, 0.6) is 5.75 Å². The Morgan fingerprint density at radius 1 is 1.17 bits per heavy atom. The van der Waals surface area contributed by atoms with Gasteiger partial charge < -0.3 is 14.4 Å². The van der Waals surface area contributed by atoms with Crippen LogP contribution in [0.25, 0.3) is 0 Å². The van der Waals surface area contributed by atoms with Gasteiger partial charge in [0.25, 0.3) is 0 Å². The van der Waals surface area contributed by atoms with Gasteiger partial charge in [0.05, 0.1) is 5.69 Å². The van der Waals surface area contributed by atoms with Crippen LogP contribution in [0.2, 0.25) is 0 Å². The lowest BCUT2D eigenvalue weighted by Gasteiger charge is -2.35. The third kappa shape index (κ3) is 5.06. The Bertz CT molecular complexity index is 609. The van der Waals surface area contributed by atoms with Crippen LogP contribution in [0, 0.1) is 6.92 Å². The van der Waals surface area contributed by atoms with Crippen molar-refractivity contribution < 1.29 is 14.4 Å². The zero-order chi connectivity index (χ0) is 16.8. The van der Waals surface area contributed by atoms with Crippen molar-refractivity contribution in [2.75, 3.05) is 39.3 Å². The highest BCUT2D eigenvalue weighted by atomic mass is 16.5. The van der Waals surface area contributed by atoms with Crippen LogP contribution >= 0.6 is 0 Å². The summed E-state index contributed by atoms with van der Waals surface area (Å²) in [6.45, 7) is 7.53. The summed E-state index contributed by atoms with van der Waals surface area (Å²) >= 11 is 0. The molecule has 0 spiro atoms. The highest BCUT2D eigenvalue weighted by Crippen LogP contribution is 2.11. The van der Waals surface area contributed by atoms with Crippen molar-refractivity contribution >= 4 is 0 Å². The maximum atomic E-state index is 10.2. The molecule has 24 heavy (non-hydrogen) atoms. The van der Waals surface area contributed by atoms with Crippen LogP contribution in [0.3, 0.4) is 0 Å². The van der Waals surface area contributed by atoms with E-state index in [1.165, 1.54) is 0 Å². The monoisotopic (exact) mass is 331 g/mol. The van der Waals surface area contributed by atoms with Crippen molar-refractivity contribution in [1.29, 1.82) is 0 Å². The van der Waals surface area contributed by atoms with Crippen molar-refractivity contribution in [2.24, 2.45) is 0 Å². The van der Waals surface area contributed by atoms with E-state index in [0.29, 0.717) is 13.2 Å². The lowest BCUT2D eigenvalue weighted by Crippen LogP contribution is -2.48. The molecule has 1 aliphatic heterocycles. The topological polar surface area (TPSA) is 62.0 Å². The summed E-state index contributed by atoms with van der Waals surface area (Å²) in [5, 5.41) is 14.2. The van der Waals surface area contributed by atoms with Gasteiger partial charge >= 0.3 is 0 Å². The number of nitrogens with zero attached hydrogens (tertiary/aromatic N) is 3. The van der Waals surface area contributed by atoms with Crippen molar-refractivity contribution in [3.63, 3.8) is 0 Å². The molecule has 1 N–H and O–H groups in total. The van der Waals surface area contributed by atoms with Gasteiger partial charge in [-0.2, -0.15) is 0 Å². The number of aryl methyl sites for hydroxylation is 1. The van der Waals surface area contributed by atoms with Gasteiger partial charge in [-0.1, -0.05) is 23.4 Å². The third-order valence-corrected chi connectivity index (χ3v) is 4.18. The van der Waals surface area contributed by atoms with E-state index in [1.807, 2.05) is 43.3 Å².